The Balaban J connectivity index is 0.000000233. The highest BCUT2D eigenvalue weighted by molar-refractivity contribution is 5.98. The van der Waals surface area contributed by atoms with E-state index in [1.54, 1.807) is 6.07 Å². The molecule has 0 aliphatic heterocycles. The van der Waals surface area contributed by atoms with Gasteiger partial charge in [-0.25, -0.2) is 0 Å². The van der Waals surface area contributed by atoms with E-state index in [9.17, 15) is 20.1 Å². The fourth-order valence-corrected chi connectivity index (χ4v) is 5.01. The molecule has 0 bridgehead atoms. The Morgan fingerprint density at radius 2 is 1.67 bits per heavy atom. The van der Waals surface area contributed by atoms with E-state index in [0.29, 0.717) is 11.3 Å². The summed E-state index contributed by atoms with van der Waals surface area (Å²) >= 11 is 0. The third kappa shape index (κ3) is 8.32. The van der Waals surface area contributed by atoms with Crippen LogP contribution >= 0.6 is 0 Å². The lowest BCUT2D eigenvalue weighted by atomic mass is 9.88. The van der Waals surface area contributed by atoms with Crippen LogP contribution in [0.5, 0.6) is 11.5 Å². The first-order valence-corrected chi connectivity index (χ1v) is 13.7. The molecular formula is C30H43NO5. The number of aromatic hydroxyl groups is 2. The number of rotatable bonds is 11. The Hall–Kier alpha value is -2.41. The van der Waals surface area contributed by atoms with Crippen LogP contribution in [0.25, 0.3) is 0 Å². The predicted octanol–water partition coefficient (Wildman–Crippen LogP) is 5.53. The van der Waals surface area contributed by atoms with E-state index < -0.39 is 6.10 Å². The van der Waals surface area contributed by atoms with E-state index in [0.717, 1.165) is 102 Å². The second kappa shape index (κ2) is 15.0. The summed E-state index contributed by atoms with van der Waals surface area (Å²) in [5.74, 6) is 0.148. The van der Waals surface area contributed by atoms with E-state index in [4.69, 9.17) is 10.5 Å². The van der Waals surface area contributed by atoms with Gasteiger partial charge < -0.3 is 25.8 Å². The summed E-state index contributed by atoms with van der Waals surface area (Å²) in [6.45, 7) is 2.52. The van der Waals surface area contributed by atoms with E-state index in [-0.39, 0.29) is 11.5 Å². The number of aliphatic hydroxyl groups excluding tert-OH is 1. The molecule has 1 unspecified atom stereocenters. The van der Waals surface area contributed by atoms with Crippen molar-refractivity contribution >= 4 is 5.78 Å². The van der Waals surface area contributed by atoms with Gasteiger partial charge in [0.15, 0.2) is 17.3 Å². The van der Waals surface area contributed by atoms with E-state index >= 15 is 0 Å². The van der Waals surface area contributed by atoms with Crippen molar-refractivity contribution in [2.45, 2.75) is 89.6 Å². The zero-order valence-corrected chi connectivity index (χ0v) is 21.5. The molecule has 2 aliphatic carbocycles. The lowest BCUT2D eigenvalue weighted by Crippen LogP contribution is -2.11. The molecule has 4 rings (SSSR count). The van der Waals surface area contributed by atoms with Crippen LogP contribution in [-0.4, -0.2) is 40.9 Å². The maximum absolute atomic E-state index is 12.0. The molecule has 2 aromatic rings. The van der Waals surface area contributed by atoms with Crippen molar-refractivity contribution in [3.8, 4) is 11.5 Å². The molecule has 198 valence electrons. The van der Waals surface area contributed by atoms with Gasteiger partial charge >= 0.3 is 0 Å². The van der Waals surface area contributed by atoms with Crippen LogP contribution in [0.2, 0.25) is 0 Å². The van der Waals surface area contributed by atoms with Gasteiger partial charge in [-0.05, 0) is 99.6 Å². The lowest BCUT2D eigenvalue weighted by Gasteiger charge is -2.22. The summed E-state index contributed by atoms with van der Waals surface area (Å²) in [5, 5.41) is 28.3. The van der Waals surface area contributed by atoms with Gasteiger partial charge in [0, 0.05) is 30.8 Å². The fraction of sp³-hybridized carbons (Fsp3) is 0.567. The largest absolute Gasteiger partial charge is 0.504 e. The molecule has 0 fully saturated rings. The number of carbonyl (C=O) groups is 1. The lowest BCUT2D eigenvalue weighted by molar-refractivity contribution is 0.0972. The molecule has 36 heavy (non-hydrogen) atoms. The standard InChI is InChI=1S/C20H31NO2.C10H12O3/c21-13-4-1-2-5-14-23-15-6-3-8-17-11-12-18-9-7-10-20(22)19(18)16-17;11-8-3-1-2-7-6(8)4-5-9(12)10(7)13/h11-12,16H,1-10,13-15,21H2;4-5,8,11-13H,1-3H2. The first-order chi connectivity index (χ1) is 17.5. The fourth-order valence-electron chi connectivity index (χ4n) is 5.01. The van der Waals surface area contributed by atoms with Crippen LogP contribution < -0.4 is 5.73 Å². The number of hydrogen-bond acceptors (Lipinski definition) is 6. The Bertz CT molecular complexity index is 974. The molecule has 0 aromatic heterocycles. The number of carbonyl (C=O) groups excluding carboxylic acids is 1. The Labute approximate surface area is 215 Å². The van der Waals surface area contributed by atoms with Crippen LogP contribution in [0.1, 0.15) is 103 Å². The third-order valence-corrected chi connectivity index (χ3v) is 7.13. The van der Waals surface area contributed by atoms with E-state index in [1.807, 2.05) is 0 Å². The van der Waals surface area contributed by atoms with Gasteiger partial charge in [-0.2, -0.15) is 0 Å². The van der Waals surface area contributed by atoms with E-state index in [1.165, 1.54) is 30.0 Å². The number of ketones is 1. The number of fused-ring (bicyclic) bond motifs is 2. The molecule has 2 aromatic carbocycles. The van der Waals surface area contributed by atoms with Gasteiger partial charge in [-0.15, -0.1) is 0 Å². The molecule has 5 N–H and O–H groups in total. The second-order valence-electron chi connectivity index (χ2n) is 9.95. The van der Waals surface area contributed by atoms with Crippen LogP contribution in [0.15, 0.2) is 30.3 Å². The monoisotopic (exact) mass is 497 g/mol. The van der Waals surface area contributed by atoms with Crippen LogP contribution in [-0.2, 0) is 24.0 Å². The minimum absolute atomic E-state index is 0.0729. The number of aryl methyl sites for hydroxylation is 2. The van der Waals surface area contributed by atoms with Crippen LogP contribution in [0, 0.1) is 0 Å². The van der Waals surface area contributed by atoms with Crippen LogP contribution in [0.4, 0.5) is 0 Å². The molecular weight excluding hydrogens is 454 g/mol. The maximum Gasteiger partial charge on any atom is 0.163 e. The number of ether oxygens (including phenoxy) is 1. The highest BCUT2D eigenvalue weighted by atomic mass is 16.5. The van der Waals surface area contributed by atoms with Gasteiger partial charge in [-0.1, -0.05) is 31.0 Å². The maximum atomic E-state index is 12.0. The Morgan fingerprint density at radius 1 is 0.889 bits per heavy atom. The summed E-state index contributed by atoms with van der Waals surface area (Å²) in [4.78, 5) is 12.0. The molecule has 0 radical (unpaired) electrons. The molecule has 0 saturated carbocycles. The van der Waals surface area contributed by atoms with Crippen molar-refractivity contribution in [1.29, 1.82) is 0 Å². The normalized spacial score (nSPS) is 16.6. The predicted molar refractivity (Wildman–Crippen MR) is 143 cm³/mol. The highest BCUT2D eigenvalue weighted by Crippen LogP contribution is 2.39. The minimum Gasteiger partial charge on any atom is -0.504 e. The van der Waals surface area contributed by atoms with Gasteiger partial charge in [0.2, 0.25) is 0 Å². The number of Topliss-reactive ketones (excluding diaryl/α,β-unsaturated/α-hetero) is 1. The zero-order chi connectivity index (χ0) is 25.8. The summed E-state index contributed by atoms with van der Waals surface area (Å²) in [5.41, 5.74) is 10.4. The topological polar surface area (TPSA) is 113 Å². The average molecular weight is 498 g/mol. The highest BCUT2D eigenvalue weighted by Gasteiger charge is 2.22. The van der Waals surface area contributed by atoms with Gasteiger partial charge in [0.1, 0.15) is 0 Å². The van der Waals surface area contributed by atoms with Crippen LogP contribution in [0.3, 0.4) is 0 Å². The number of benzene rings is 2. The van der Waals surface area contributed by atoms with Crippen molar-refractivity contribution in [1.82, 2.24) is 0 Å². The third-order valence-electron chi connectivity index (χ3n) is 7.13. The smallest absolute Gasteiger partial charge is 0.163 e. The molecule has 0 spiro atoms. The molecule has 6 heteroatoms. The van der Waals surface area contributed by atoms with Gasteiger partial charge in [0.25, 0.3) is 0 Å². The number of phenolic OH excluding ortho intramolecular Hbond substituents is 2. The Kier molecular flexibility index (Phi) is 11.7. The number of aliphatic hydroxyl groups is 1. The SMILES string of the molecule is NCCCCCCOCCCCc1ccc2c(c1)C(=O)CCC2.Oc1ccc2c(c1O)CCCC2O. The zero-order valence-electron chi connectivity index (χ0n) is 21.5. The number of hydrogen-bond donors (Lipinski definition) is 4. The molecule has 0 amide bonds. The van der Waals surface area contributed by atoms with Crippen molar-refractivity contribution in [2.75, 3.05) is 19.8 Å². The van der Waals surface area contributed by atoms with Crippen molar-refractivity contribution in [3.05, 3.63) is 58.1 Å². The molecule has 0 saturated heterocycles. The summed E-state index contributed by atoms with van der Waals surface area (Å²) in [6.07, 6.45) is 12.6. The van der Waals surface area contributed by atoms with Crippen molar-refractivity contribution in [2.24, 2.45) is 5.73 Å². The molecule has 0 heterocycles. The van der Waals surface area contributed by atoms with Crippen molar-refractivity contribution in [3.63, 3.8) is 0 Å². The number of nitrogens with two attached hydrogens (primary N) is 1. The molecule has 1 atom stereocenters. The first kappa shape index (κ1) is 28.2. The average Bonchev–Trinajstić information content (AvgIpc) is 2.88. The quantitative estimate of drug-likeness (QED) is 0.240. The minimum atomic E-state index is -0.491. The summed E-state index contributed by atoms with van der Waals surface area (Å²) in [6, 6.07) is 9.56. The summed E-state index contributed by atoms with van der Waals surface area (Å²) in [7, 11) is 0. The van der Waals surface area contributed by atoms with Crippen molar-refractivity contribution < 1.29 is 24.9 Å². The summed E-state index contributed by atoms with van der Waals surface area (Å²) < 4.78 is 5.67. The number of unbranched alkanes of at least 4 members (excludes halogenated alkanes) is 4. The molecule has 2 aliphatic rings. The van der Waals surface area contributed by atoms with Gasteiger partial charge in [0.05, 0.1) is 6.10 Å². The first-order valence-electron chi connectivity index (χ1n) is 13.7. The Morgan fingerprint density at radius 3 is 2.47 bits per heavy atom. The second-order valence-corrected chi connectivity index (χ2v) is 9.95. The van der Waals surface area contributed by atoms with Gasteiger partial charge in [-0.3, -0.25) is 4.79 Å². The number of phenols is 2. The van der Waals surface area contributed by atoms with E-state index in [2.05, 4.69) is 18.2 Å². The molecule has 6 nitrogen and oxygen atoms in total.